The molecule has 2 heterocycles. The lowest BCUT2D eigenvalue weighted by Crippen LogP contribution is -1.88. The Morgan fingerprint density at radius 1 is 1.31 bits per heavy atom. The molecule has 2 aromatic heterocycles. The SMILES string of the molecule is Nc1ccc(-c2nnc(S)s2)cn1. The summed E-state index contributed by atoms with van der Waals surface area (Å²) in [4.78, 5) is 3.96. The monoisotopic (exact) mass is 210 g/mol. The molecule has 0 saturated heterocycles. The second-order valence-corrected chi connectivity index (χ2v) is 4.07. The van der Waals surface area contributed by atoms with Gasteiger partial charge in [-0.2, -0.15) is 0 Å². The average Bonchev–Trinajstić information content (AvgIpc) is 2.53. The minimum atomic E-state index is 0.499. The fourth-order valence-electron chi connectivity index (χ4n) is 0.864. The quantitative estimate of drug-likeness (QED) is 0.700. The van der Waals surface area contributed by atoms with Crippen molar-refractivity contribution >= 4 is 29.8 Å². The molecule has 13 heavy (non-hydrogen) atoms. The molecule has 0 atom stereocenters. The Morgan fingerprint density at radius 3 is 2.69 bits per heavy atom. The van der Waals surface area contributed by atoms with Crippen LogP contribution < -0.4 is 5.73 Å². The van der Waals surface area contributed by atoms with Crippen molar-refractivity contribution < 1.29 is 0 Å². The molecule has 0 bridgehead atoms. The number of pyridine rings is 1. The topological polar surface area (TPSA) is 64.7 Å². The molecule has 2 rings (SSSR count). The van der Waals surface area contributed by atoms with Crippen LogP contribution >= 0.6 is 24.0 Å². The van der Waals surface area contributed by atoms with E-state index in [1.54, 1.807) is 12.3 Å². The second kappa shape index (κ2) is 3.31. The molecule has 0 aliphatic heterocycles. The summed E-state index contributed by atoms with van der Waals surface area (Å²) in [5.41, 5.74) is 6.36. The number of rotatable bonds is 1. The summed E-state index contributed by atoms with van der Waals surface area (Å²) in [6, 6.07) is 3.59. The largest absolute Gasteiger partial charge is 0.384 e. The summed E-state index contributed by atoms with van der Waals surface area (Å²) in [5, 5.41) is 8.52. The van der Waals surface area contributed by atoms with E-state index in [0.29, 0.717) is 10.2 Å². The third-order valence-electron chi connectivity index (χ3n) is 1.45. The van der Waals surface area contributed by atoms with Gasteiger partial charge in [-0.05, 0) is 12.1 Å². The normalized spacial score (nSPS) is 10.2. The number of thiol groups is 1. The average molecular weight is 210 g/mol. The van der Waals surface area contributed by atoms with Crippen LogP contribution in [0.15, 0.2) is 22.7 Å². The van der Waals surface area contributed by atoms with Gasteiger partial charge in [0.2, 0.25) is 0 Å². The summed E-state index contributed by atoms with van der Waals surface area (Å²) in [5.74, 6) is 0.499. The molecule has 6 heteroatoms. The van der Waals surface area contributed by atoms with Crippen molar-refractivity contribution in [3.05, 3.63) is 18.3 Å². The number of nitrogens with two attached hydrogens (primary N) is 1. The number of hydrogen-bond donors (Lipinski definition) is 2. The molecule has 0 amide bonds. The predicted molar refractivity (Wildman–Crippen MR) is 54.8 cm³/mol. The molecule has 2 aromatic rings. The van der Waals surface area contributed by atoms with Gasteiger partial charge in [0.25, 0.3) is 0 Å². The van der Waals surface area contributed by atoms with Gasteiger partial charge in [-0.15, -0.1) is 22.8 Å². The molecule has 2 N–H and O–H groups in total. The van der Waals surface area contributed by atoms with Gasteiger partial charge in [-0.3, -0.25) is 0 Å². The van der Waals surface area contributed by atoms with E-state index in [-0.39, 0.29) is 0 Å². The van der Waals surface area contributed by atoms with Crippen molar-refractivity contribution in [3.63, 3.8) is 0 Å². The van der Waals surface area contributed by atoms with Crippen LogP contribution in [0.4, 0.5) is 5.82 Å². The van der Waals surface area contributed by atoms with Gasteiger partial charge in [-0.25, -0.2) is 4.98 Å². The van der Waals surface area contributed by atoms with Crippen molar-refractivity contribution in [3.8, 4) is 10.6 Å². The summed E-state index contributed by atoms with van der Waals surface area (Å²) >= 11 is 5.48. The predicted octanol–water partition coefficient (Wildman–Crippen LogP) is 1.47. The first kappa shape index (κ1) is 8.46. The fourth-order valence-corrected chi connectivity index (χ4v) is 1.74. The highest BCUT2D eigenvalue weighted by Gasteiger charge is 2.03. The highest BCUT2D eigenvalue weighted by molar-refractivity contribution is 7.82. The van der Waals surface area contributed by atoms with E-state index in [4.69, 9.17) is 5.73 Å². The smallest absolute Gasteiger partial charge is 0.171 e. The highest BCUT2D eigenvalue weighted by atomic mass is 32.2. The number of nitrogens with zero attached hydrogens (tertiary/aromatic N) is 3. The molecule has 66 valence electrons. The van der Waals surface area contributed by atoms with Gasteiger partial charge < -0.3 is 5.73 Å². The molecule has 0 aliphatic carbocycles. The molecule has 0 fully saturated rings. The number of anilines is 1. The minimum Gasteiger partial charge on any atom is -0.384 e. The molecule has 4 nitrogen and oxygen atoms in total. The molecule has 0 radical (unpaired) electrons. The van der Waals surface area contributed by atoms with Gasteiger partial charge in [-0.1, -0.05) is 11.3 Å². The second-order valence-electron chi connectivity index (χ2n) is 2.36. The Labute approximate surface area is 84.3 Å². The molecule has 0 aliphatic rings. The van der Waals surface area contributed by atoms with Crippen molar-refractivity contribution in [2.75, 3.05) is 5.73 Å². The van der Waals surface area contributed by atoms with E-state index in [2.05, 4.69) is 27.8 Å². The van der Waals surface area contributed by atoms with E-state index in [9.17, 15) is 0 Å². The number of nitrogen functional groups attached to an aromatic ring is 1. The van der Waals surface area contributed by atoms with Crippen molar-refractivity contribution in [1.29, 1.82) is 0 Å². The van der Waals surface area contributed by atoms with Crippen molar-refractivity contribution in [2.45, 2.75) is 4.34 Å². The van der Waals surface area contributed by atoms with Gasteiger partial charge in [0.15, 0.2) is 4.34 Å². The van der Waals surface area contributed by atoms with E-state index in [1.165, 1.54) is 11.3 Å². The maximum Gasteiger partial charge on any atom is 0.171 e. The van der Waals surface area contributed by atoms with Crippen LogP contribution in [0.25, 0.3) is 10.6 Å². The zero-order valence-electron chi connectivity index (χ0n) is 6.51. The lowest BCUT2D eigenvalue weighted by molar-refractivity contribution is 1.02. The Balaban J connectivity index is 2.41. The van der Waals surface area contributed by atoms with Crippen LogP contribution in [0.3, 0.4) is 0 Å². The molecule has 0 saturated carbocycles. The van der Waals surface area contributed by atoms with Crippen LogP contribution in [0, 0.1) is 0 Å². The van der Waals surface area contributed by atoms with Gasteiger partial charge in [0.05, 0.1) is 0 Å². The Morgan fingerprint density at radius 2 is 2.15 bits per heavy atom. The maximum atomic E-state index is 5.45. The lowest BCUT2D eigenvalue weighted by Gasteiger charge is -1.93. The van der Waals surface area contributed by atoms with Crippen molar-refractivity contribution in [2.24, 2.45) is 0 Å². The molecule has 0 aromatic carbocycles. The zero-order valence-corrected chi connectivity index (χ0v) is 8.22. The van der Waals surface area contributed by atoms with E-state index in [1.807, 2.05) is 6.07 Å². The minimum absolute atomic E-state index is 0.499. The Bertz CT molecular complexity index is 409. The zero-order chi connectivity index (χ0) is 9.26. The van der Waals surface area contributed by atoms with Crippen LogP contribution in [0.1, 0.15) is 0 Å². The molecule has 0 spiro atoms. The van der Waals surface area contributed by atoms with Gasteiger partial charge in [0, 0.05) is 11.8 Å². The fraction of sp³-hybridized carbons (Fsp3) is 0. The molecular formula is C7H6N4S2. The molecule has 0 unspecified atom stereocenters. The Hall–Kier alpha value is -1.14. The van der Waals surface area contributed by atoms with Crippen molar-refractivity contribution in [1.82, 2.24) is 15.2 Å². The van der Waals surface area contributed by atoms with Gasteiger partial charge in [0.1, 0.15) is 10.8 Å². The lowest BCUT2D eigenvalue weighted by atomic mass is 10.3. The maximum absolute atomic E-state index is 5.45. The standard InChI is InChI=1S/C7H6N4S2/c8-5-2-1-4(3-9-5)6-10-11-7(12)13-6/h1-3H,(H2,8,9)(H,11,12). The summed E-state index contributed by atoms with van der Waals surface area (Å²) in [6.07, 6.45) is 1.67. The summed E-state index contributed by atoms with van der Waals surface area (Å²) in [6.45, 7) is 0. The first-order valence-electron chi connectivity index (χ1n) is 3.50. The molecular weight excluding hydrogens is 204 g/mol. The van der Waals surface area contributed by atoms with Crippen LogP contribution in [-0.4, -0.2) is 15.2 Å². The third kappa shape index (κ3) is 1.78. The van der Waals surface area contributed by atoms with Crippen LogP contribution in [0.2, 0.25) is 0 Å². The first-order chi connectivity index (χ1) is 6.25. The van der Waals surface area contributed by atoms with Crippen LogP contribution in [0.5, 0.6) is 0 Å². The third-order valence-corrected chi connectivity index (χ3v) is 2.59. The number of aromatic nitrogens is 3. The van der Waals surface area contributed by atoms with Crippen LogP contribution in [-0.2, 0) is 0 Å². The summed E-state index contributed by atoms with van der Waals surface area (Å²) in [7, 11) is 0. The van der Waals surface area contributed by atoms with E-state index < -0.39 is 0 Å². The first-order valence-corrected chi connectivity index (χ1v) is 4.76. The van der Waals surface area contributed by atoms with E-state index >= 15 is 0 Å². The highest BCUT2D eigenvalue weighted by Crippen LogP contribution is 2.24. The number of hydrogen-bond acceptors (Lipinski definition) is 6. The van der Waals surface area contributed by atoms with Gasteiger partial charge >= 0.3 is 0 Å². The van der Waals surface area contributed by atoms with E-state index in [0.717, 1.165) is 10.6 Å². The Kier molecular flexibility index (Phi) is 2.15. The summed E-state index contributed by atoms with van der Waals surface area (Å²) < 4.78 is 0.645.